The molecule has 6 heteroatoms. The summed E-state index contributed by atoms with van der Waals surface area (Å²) in [6.45, 7) is 10.2. The van der Waals surface area contributed by atoms with Crippen LogP contribution < -0.4 is 9.64 Å². The van der Waals surface area contributed by atoms with E-state index >= 15 is 0 Å². The van der Waals surface area contributed by atoms with Crippen molar-refractivity contribution in [3.05, 3.63) is 59.2 Å². The SMILES string of the molecule is CC(C)(C)CCCc1ccc(CC(C)(F)F)cc1N1CCC(COc2cccc(C(CC(=O)O)C3CC3)c2)CC1. The monoisotopic (exact) mass is 555 g/mol. The summed E-state index contributed by atoms with van der Waals surface area (Å²) in [5.41, 5.74) is 4.41. The van der Waals surface area contributed by atoms with Gasteiger partial charge in [0.05, 0.1) is 13.0 Å². The second-order valence-electron chi connectivity index (χ2n) is 13.5. The van der Waals surface area contributed by atoms with Gasteiger partial charge in [0.25, 0.3) is 0 Å². The highest BCUT2D eigenvalue weighted by molar-refractivity contribution is 5.68. The van der Waals surface area contributed by atoms with E-state index in [1.54, 1.807) is 0 Å². The van der Waals surface area contributed by atoms with Crippen molar-refractivity contribution in [1.29, 1.82) is 0 Å². The Balaban J connectivity index is 1.36. The number of carboxylic acids is 1. The number of hydrogen-bond donors (Lipinski definition) is 1. The summed E-state index contributed by atoms with van der Waals surface area (Å²) in [5, 5.41) is 9.36. The predicted molar refractivity (Wildman–Crippen MR) is 158 cm³/mol. The van der Waals surface area contributed by atoms with E-state index in [1.807, 2.05) is 36.4 Å². The van der Waals surface area contributed by atoms with Crippen LogP contribution in [0.25, 0.3) is 0 Å². The Morgan fingerprint density at radius 3 is 2.40 bits per heavy atom. The molecule has 4 rings (SSSR count). The molecule has 0 aromatic heterocycles. The molecule has 1 atom stereocenters. The number of carbonyl (C=O) groups is 1. The van der Waals surface area contributed by atoms with E-state index in [9.17, 15) is 18.7 Å². The Labute approximate surface area is 239 Å². The molecule has 0 spiro atoms. The van der Waals surface area contributed by atoms with Gasteiger partial charge in [-0.25, -0.2) is 8.78 Å². The van der Waals surface area contributed by atoms with Crippen LogP contribution in [0, 0.1) is 17.3 Å². The van der Waals surface area contributed by atoms with E-state index in [0.717, 1.165) is 82.0 Å². The largest absolute Gasteiger partial charge is 0.493 e. The molecule has 0 bridgehead atoms. The van der Waals surface area contributed by atoms with Crippen molar-refractivity contribution in [3.8, 4) is 5.75 Å². The molecule has 0 amide bonds. The molecule has 220 valence electrons. The topological polar surface area (TPSA) is 49.8 Å². The van der Waals surface area contributed by atoms with Crippen LogP contribution in [0.4, 0.5) is 14.5 Å². The summed E-state index contributed by atoms with van der Waals surface area (Å²) in [4.78, 5) is 13.8. The molecular formula is C34H47F2NO3. The molecule has 1 N–H and O–H groups in total. The van der Waals surface area contributed by atoms with E-state index in [1.165, 1.54) is 5.56 Å². The minimum absolute atomic E-state index is 0.0605. The van der Waals surface area contributed by atoms with E-state index in [4.69, 9.17) is 4.74 Å². The number of halogens is 2. The Kier molecular flexibility index (Phi) is 9.79. The number of aryl methyl sites for hydroxylation is 1. The van der Waals surface area contributed by atoms with Gasteiger partial charge >= 0.3 is 5.97 Å². The van der Waals surface area contributed by atoms with Gasteiger partial charge in [0.2, 0.25) is 5.92 Å². The quantitative estimate of drug-likeness (QED) is 0.269. The van der Waals surface area contributed by atoms with Crippen LogP contribution in [-0.4, -0.2) is 36.7 Å². The van der Waals surface area contributed by atoms with E-state index in [0.29, 0.717) is 24.0 Å². The van der Waals surface area contributed by atoms with Gasteiger partial charge in [0, 0.05) is 25.2 Å². The number of alkyl halides is 2. The zero-order valence-corrected chi connectivity index (χ0v) is 24.7. The molecule has 40 heavy (non-hydrogen) atoms. The number of aliphatic carboxylic acids is 1. The average Bonchev–Trinajstić information content (AvgIpc) is 3.71. The summed E-state index contributed by atoms with van der Waals surface area (Å²) in [6, 6.07) is 13.9. The van der Waals surface area contributed by atoms with Crippen LogP contribution in [0.15, 0.2) is 42.5 Å². The molecule has 1 saturated carbocycles. The lowest BCUT2D eigenvalue weighted by Gasteiger charge is -2.35. The molecule has 2 fully saturated rings. The molecule has 4 nitrogen and oxygen atoms in total. The number of nitrogens with zero attached hydrogens (tertiary/aromatic N) is 1. The minimum atomic E-state index is -2.72. The Morgan fingerprint density at radius 1 is 1.05 bits per heavy atom. The van der Waals surface area contributed by atoms with Crippen LogP contribution >= 0.6 is 0 Å². The van der Waals surface area contributed by atoms with Crippen LogP contribution in [0.5, 0.6) is 5.75 Å². The summed E-state index contributed by atoms with van der Waals surface area (Å²) >= 11 is 0. The third-order valence-corrected chi connectivity index (χ3v) is 8.35. The molecule has 2 aliphatic rings. The minimum Gasteiger partial charge on any atom is -0.493 e. The lowest BCUT2D eigenvalue weighted by Crippen LogP contribution is -2.36. The molecule has 2 aromatic rings. The maximum atomic E-state index is 13.8. The molecule has 1 heterocycles. The molecule has 1 unspecified atom stereocenters. The maximum Gasteiger partial charge on any atom is 0.303 e. The van der Waals surface area contributed by atoms with Crippen molar-refractivity contribution < 1.29 is 23.4 Å². The number of anilines is 1. The fourth-order valence-electron chi connectivity index (χ4n) is 6.03. The Morgan fingerprint density at radius 2 is 1.77 bits per heavy atom. The molecular weight excluding hydrogens is 508 g/mol. The van der Waals surface area contributed by atoms with Gasteiger partial charge in [0.1, 0.15) is 5.75 Å². The third-order valence-electron chi connectivity index (χ3n) is 8.35. The lowest BCUT2D eigenvalue weighted by molar-refractivity contribution is -0.137. The second-order valence-corrected chi connectivity index (χ2v) is 13.5. The van der Waals surface area contributed by atoms with Gasteiger partial charge in [0.15, 0.2) is 0 Å². The van der Waals surface area contributed by atoms with Gasteiger partial charge in [-0.15, -0.1) is 0 Å². The number of piperidine rings is 1. The highest BCUT2D eigenvalue weighted by Crippen LogP contribution is 2.45. The number of ether oxygens (including phenoxy) is 1. The zero-order chi connectivity index (χ0) is 28.9. The fourth-order valence-corrected chi connectivity index (χ4v) is 6.03. The molecule has 1 aliphatic carbocycles. The number of carboxylic acid groups (broad SMARTS) is 1. The van der Waals surface area contributed by atoms with Gasteiger partial charge in [-0.05, 0) is 110 Å². The second kappa shape index (κ2) is 12.9. The normalized spacial score (nSPS) is 17.6. The highest BCUT2D eigenvalue weighted by atomic mass is 19.3. The van der Waals surface area contributed by atoms with Crippen molar-refractivity contribution in [2.24, 2.45) is 17.3 Å². The summed E-state index contributed by atoms with van der Waals surface area (Å²) in [5.74, 6) is -1.71. The summed E-state index contributed by atoms with van der Waals surface area (Å²) < 4.78 is 33.8. The summed E-state index contributed by atoms with van der Waals surface area (Å²) in [7, 11) is 0. The zero-order valence-electron chi connectivity index (χ0n) is 24.7. The van der Waals surface area contributed by atoms with Crippen LogP contribution in [-0.2, 0) is 17.6 Å². The lowest BCUT2D eigenvalue weighted by atomic mass is 9.88. The first-order valence-corrected chi connectivity index (χ1v) is 15.1. The van der Waals surface area contributed by atoms with E-state index in [2.05, 4.69) is 31.7 Å². The van der Waals surface area contributed by atoms with Gasteiger partial charge in [-0.1, -0.05) is 45.0 Å². The van der Waals surface area contributed by atoms with Crippen LogP contribution in [0.1, 0.15) is 95.2 Å². The van der Waals surface area contributed by atoms with Crippen molar-refractivity contribution in [1.82, 2.24) is 0 Å². The van der Waals surface area contributed by atoms with Crippen molar-refractivity contribution >= 4 is 11.7 Å². The Bertz CT molecular complexity index is 1120. The van der Waals surface area contributed by atoms with Crippen molar-refractivity contribution in [2.75, 3.05) is 24.6 Å². The number of rotatable bonds is 13. The maximum absolute atomic E-state index is 13.8. The Hall–Kier alpha value is -2.63. The first-order valence-electron chi connectivity index (χ1n) is 15.1. The predicted octanol–water partition coefficient (Wildman–Crippen LogP) is 8.52. The van der Waals surface area contributed by atoms with Gasteiger partial charge in [-0.2, -0.15) is 0 Å². The fraction of sp³-hybridized carbons (Fsp3) is 0.618. The van der Waals surface area contributed by atoms with Gasteiger partial charge < -0.3 is 14.7 Å². The standard InChI is InChI=1S/C34H47F2NO3/c1-33(2,3)16-6-8-27-11-10-25(22-34(4,35)36)19-31(27)37-17-14-24(15-18-37)23-40-29-9-5-7-28(20-29)30(21-32(38)39)26-12-13-26/h5,7,9-11,19-20,24,26,30H,6,8,12-18,21-23H2,1-4H3,(H,38,39). The highest BCUT2D eigenvalue weighted by Gasteiger charge is 2.34. The number of hydrogen-bond acceptors (Lipinski definition) is 3. The molecule has 1 saturated heterocycles. The molecule has 0 radical (unpaired) electrons. The van der Waals surface area contributed by atoms with Crippen LogP contribution in [0.2, 0.25) is 0 Å². The van der Waals surface area contributed by atoms with Crippen LogP contribution in [0.3, 0.4) is 0 Å². The van der Waals surface area contributed by atoms with Crippen molar-refractivity contribution in [3.63, 3.8) is 0 Å². The van der Waals surface area contributed by atoms with Crippen molar-refractivity contribution in [2.45, 2.75) is 97.3 Å². The smallest absolute Gasteiger partial charge is 0.303 e. The summed E-state index contributed by atoms with van der Waals surface area (Å²) in [6.07, 6.45) is 7.27. The van der Waals surface area contributed by atoms with E-state index in [-0.39, 0.29) is 24.2 Å². The van der Waals surface area contributed by atoms with Gasteiger partial charge in [-0.3, -0.25) is 4.79 Å². The number of benzene rings is 2. The third kappa shape index (κ3) is 9.49. The average molecular weight is 556 g/mol. The van der Waals surface area contributed by atoms with E-state index < -0.39 is 11.9 Å². The first-order chi connectivity index (χ1) is 18.9. The first kappa shape index (κ1) is 30.3. The molecule has 2 aromatic carbocycles. The molecule has 1 aliphatic heterocycles.